The quantitative estimate of drug-likeness (QED) is 0.841. The smallest absolute Gasteiger partial charge is 0.236 e. The van der Waals surface area contributed by atoms with Crippen molar-refractivity contribution in [3.8, 4) is 0 Å². The maximum absolute atomic E-state index is 11.4. The minimum Gasteiger partial charge on any atom is -0.351 e. The van der Waals surface area contributed by atoms with Gasteiger partial charge < -0.3 is 16.0 Å². The van der Waals surface area contributed by atoms with E-state index in [1.165, 1.54) is 5.56 Å². The number of halogens is 1. The maximum atomic E-state index is 11.4. The molecule has 1 aliphatic rings. The number of benzene rings is 1. The summed E-state index contributed by atoms with van der Waals surface area (Å²) in [6.45, 7) is 7.76. The SMILES string of the molecule is CC(N)C(=O)NCc1ccc(CN2CCN(C)CC2)cc1.Cl. The molecule has 0 aromatic heterocycles. The minimum atomic E-state index is -0.457. The lowest BCUT2D eigenvalue weighted by atomic mass is 10.1. The Morgan fingerprint density at radius 2 is 1.73 bits per heavy atom. The van der Waals surface area contributed by atoms with Crippen molar-refractivity contribution in [2.75, 3.05) is 33.2 Å². The van der Waals surface area contributed by atoms with Crippen molar-refractivity contribution >= 4 is 18.3 Å². The summed E-state index contributed by atoms with van der Waals surface area (Å²) < 4.78 is 0. The van der Waals surface area contributed by atoms with Gasteiger partial charge in [0.2, 0.25) is 5.91 Å². The largest absolute Gasteiger partial charge is 0.351 e. The predicted octanol–water partition coefficient (Wildman–Crippen LogP) is 0.819. The zero-order chi connectivity index (χ0) is 15.2. The van der Waals surface area contributed by atoms with E-state index < -0.39 is 6.04 Å². The van der Waals surface area contributed by atoms with Crippen molar-refractivity contribution in [2.45, 2.75) is 26.1 Å². The molecule has 1 heterocycles. The van der Waals surface area contributed by atoms with E-state index in [-0.39, 0.29) is 18.3 Å². The van der Waals surface area contributed by atoms with Gasteiger partial charge in [-0.25, -0.2) is 0 Å². The number of carbonyl (C=O) groups excluding carboxylic acids is 1. The Kier molecular flexibility index (Phi) is 7.82. The third-order valence-electron chi connectivity index (χ3n) is 3.91. The molecule has 1 saturated heterocycles. The molecule has 22 heavy (non-hydrogen) atoms. The van der Waals surface area contributed by atoms with Crippen LogP contribution in [0.3, 0.4) is 0 Å². The molecule has 1 aromatic carbocycles. The highest BCUT2D eigenvalue weighted by molar-refractivity contribution is 5.85. The van der Waals surface area contributed by atoms with E-state index in [1.54, 1.807) is 6.92 Å². The van der Waals surface area contributed by atoms with E-state index in [1.807, 2.05) is 0 Å². The average Bonchev–Trinajstić information content (AvgIpc) is 2.48. The lowest BCUT2D eigenvalue weighted by molar-refractivity contribution is -0.122. The Hall–Kier alpha value is -1.14. The van der Waals surface area contributed by atoms with Crippen LogP contribution in [0.25, 0.3) is 0 Å². The summed E-state index contributed by atoms with van der Waals surface area (Å²) in [6, 6.07) is 7.98. The number of likely N-dealkylation sites (N-methyl/N-ethyl adjacent to an activating group) is 1. The van der Waals surface area contributed by atoms with Crippen molar-refractivity contribution in [2.24, 2.45) is 5.73 Å². The first kappa shape index (κ1) is 18.9. The van der Waals surface area contributed by atoms with Crippen LogP contribution in [0.5, 0.6) is 0 Å². The Morgan fingerprint density at radius 3 is 2.27 bits per heavy atom. The molecule has 1 aromatic rings. The van der Waals surface area contributed by atoms with Crippen LogP contribution in [0.2, 0.25) is 0 Å². The molecule has 124 valence electrons. The molecule has 5 nitrogen and oxygen atoms in total. The fourth-order valence-corrected chi connectivity index (χ4v) is 2.38. The number of carbonyl (C=O) groups is 1. The Bertz CT molecular complexity index is 456. The van der Waals surface area contributed by atoms with Gasteiger partial charge in [-0.1, -0.05) is 24.3 Å². The van der Waals surface area contributed by atoms with E-state index >= 15 is 0 Å². The molecule has 0 saturated carbocycles. The normalized spacial score (nSPS) is 17.6. The predicted molar refractivity (Wildman–Crippen MR) is 92.0 cm³/mol. The molecule has 0 aliphatic carbocycles. The molecule has 6 heteroatoms. The fourth-order valence-electron chi connectivity index (χ4n) is 2.38. The molecule has 3 N–H and O–H groups in total. The second-order valence-electron chi connectivity index (χ2n) is 5.90. The summed E-state index contributed by atoms with van der Waals surface area (Å²) in [7, 11) is 2.17. The molecular formula is C16H27ClN4O. The van der Waals surface area contributed by atoms with Crippen molar-refractivity contribution in [1.29, 1.82) is 0 Å². The highest BCUT2D eigenvalue weighted by Gasteiger charge is 2.13. The summed E-state index contributed by atoms with van der Waals surface area (Å²) in [5.41, 5.74) is 7.94. The van der Waals surface area contributed by atoms with Crippen LogP contribution in [0.1, 0.15) is 18.1 Å². The van der Waals surface area contributed by atoms with E-state index in [4.69, 9.17) is 5.73 Å². The van der Waals surface area contributed by atoms with Gasteiger partial charge in [0.1, 0.15) is 0 Å². The molecule has 0 bridgehead atoms. The molecule has 1 unspecified atom stereocenters. The first-order valence-corrected chi connectivity index (χ1v) is 7.56. The maximum Gasteiger partial charge on any atom is 0.236 e. The summed E-state index contributed by atoms with van der Waals surface area (Å²) in [5, 5.41) is 2.82. The molecule has 1 fully saturated rings. The number of amides is 1. The monoisotopic (exact) mass is 326 g/mol. The highest BCUT2D eigenvalue weighted by Crippen LogP contribution is 2.09. The number of piperazine rings is 1. The Morgan fingerprint density at radius 1 is 1.18 bits per heavy atom. The van der Waals surface area contributed by atoms with E-state index in [0.29, 0.717) is 6.54 Å². The van der Waals surface area contributed by atoms with Crippen LogP contribution in [0, 0.1) is 0 Å². The van der Waals surface area contributed by atoms with Gasteiger partial charge in [-0.05, 0) is 25.1 Å². The van der Waals surface area contributed by atoms with Gasteiger partial charge in [0, 0.05) is 39.3 Å². The van der Waals surface area contributed by atoms with Crippen LogP contribution in [-0.2, 0) is 17.9 Å². The van der Waals surface area contributed by atoms with Gasteiger partial charge in [0.25, 0.3) is 0 Å². The van der Waals surface area contributed by atoms with Crippen LogP contribution < -0.4 is 11.1 Å². The zero-order valence-corrected chi connectivity index (χ0v) is 14.2. The number of hydrogen-bond acceptors (Lipinski definition) is 4. The number of hydrogen-bond donors (Lipinski definition) is 2. The van der Waals surface area contributed by atoms with Crippen molar-refractivity contribution in [3.63, 3.8) is 0 Å². The molecular weight excluding hydrogens is 300 g/mol. The van der Waals surface area contributed by atoms with E-state index in [9.17, 15) is 4.79 Å². The highest BCUT2D eigenvalue weighted by atomic mass is 35.5. The van der Waals surface area contributed by atoms with E-state index in [2.05, 4.69) is 46.4 Å². The number of nitrogens with one attached hydrogen (secondary N) is 1. The summed E-state index contributed by atoms with van der Waals surface area (Å²) in [4.78, 5) is 16.3. The van der Waals surface area contributed by atoms with E-state index in [0.717, 1.165) is 38.3 Å². The summed E-state index contributed by atoms with van der Waals surface area (Å²) >= 11 is 0. The van der Waals surface area contributed by atoms with Gasteiger partial charge >= 0.3 is 0 Å². The molecule has 0 radical (unpaired) electrons. The molecule has 0 spiro atoms. The number of nitrogens with two attached hydrogens (primary N) is 1. The van der Waals surface area contributed by atoms with Gasteiger partial charge in [0.05, 0.1) is 6.04 Å². The number of rotatable bonds is 5. The lowest BCUT2D eigenvalue weighted by Gasteiger charge is -2.32. The van der Waals surface area contributed by atoms with Crippen molar-refractivity contribution in [1.82, 2.24) is 15.1 Å². The zero-order valence-electron chi connectivity index (χ0n) is 13.4. The molecule has 1 atom stereocenters. The minimum absolute atomic E-state index is 0. The van der Waals surface area contributed by atoms with Crippen LogP contribution in [-0.4, -0.2) is 55.0 Å². The van der Waals surface area contributed by atoms with Crippen molar-refractivity contribution in [3.05, 3.63) is 35.4 Å². The lowest BCUT2D eigenvalue weighted by Crippen LogP contribution is -2.43. The average molecular weight is 327 g/mol. The Labute approximate surface area is 139 Å². The van der Waals surface area contributed by atoms with Gasteiger partial charge in [-0.15, -0.1) is 12.4 Å². The van der Waals surface area contributed by atoms with Crippen LogP contribution in [0.15, 0.2) is 24.3 Å². The second-order valence-corrected chi connectivity index (χ2v) is 5.90. The van der Waals surface area contributed by atoms with Gasteiger partial charge in [-0.3, -0.25) is 9.69 Å². The number of nitrogens with zero attached hydrogens (tertiary/aromatic N) is 2. The van der Waals surface area contributed by atoms with Gasteiger partial charge in [-0.2, -0.15) is 0 Å². The second kappa shape index (κ2) is 9.10. The summed E-state index contributed by atoms with van der Waals surface area (Å²) in [6.07, 6.45) is 0. The van der Waals surface area contributed by atoms with Crippen LogP contribution >= 0.6 is 12.4 Å². The standard InChI is InChI=1S/C16H26N4O.ClH/c1-13(17)16(21)18-11-14-3-5-15(6-4-14)12-20-9-7-19(2)8-10-20;/h3-6,13H,7-12,17H2,1-2H3,(H,18,21);1H. The summed E-state index contributed by atoms with van der Waals surface area (Å²) in [5.74, 6) is -0.114. The molecule has 1 aliphatic heterocycles. The topological polar surface area (TPSA) is 61.6 Å². The first-order valence-electron chi connectivity index (χ1n) is 7.56. The van der Waals surface area contributed by atoms with Crippen LogP contribution in [0.4, 0.5) is 0 Å². The van der Waals surface area contributed by atoms with Crippen molar-refractivity contribution < 1.29 is 4.79 Å². The fraction of sp³-hybridized carbons (Fsp3) is 0.562. The third kappa shape index (κ3) is 5.93. The third-order valence-corrected chi connectivity index (χ3v) is 3.91. The molecule has 1 amide bonds. The molecule has 2 rings (SSSR count). The Balaban J connectivity index is 0.00000242. The first-order chi connectivity index (χ1) is 10.0. The van der Waals surface area contributed by atoms with Gasteiger partial charge in [0.15, 0.2) is 0 Å².